The lowest BCUT2D eigenvalue weighted by molar-refractivity contribution is 0.195. The Morgan fingerprint density at radius 3 is 2.72 bits per heavy atom. The third-order valence-corrected chi connectivity index (χ3v) is 5.88. The monoisotopic (exact) mass is 430 g/mol. The molecule has 2 aliphatic rings. The second kappa shape index (κ2) is 8.96. The highest BCUT2D eigenvalue weighted by atomic mass is 16.5. The third kappa shape index (κ3) is 4.72. The first kappa shape index (κ1) is 21.8. The van der Waals surface area contributed by atoms with E-state index in [1.165, 1.54) is 16.7 Å². The molecule has 0 aliphatic heterocycles. The molecule has 166 valence electrons. The molecule has 32 heavy (non-hydrogen) atoms. The minimum Gasteiger partial charge on any atom is -0.494 e. The minimum atomic E-state index is -0.125. The van der Waals surface area contributed by atoms with Crippen LogP contribution in [-0.4, -0.2) is 33.6 Å². The van der Waals surface area contributed by atoms with Gasteiger partial charge < -0.3 is 15.0 Å². The maximum atomic E-state index is 13.2. The van der Waals surface area contributed by atoms with Crippen molar-refractivity contribution in [3.63, 3.8) is 0 Å². The summed E-state index contributed by atoms with van der Waals surface area (Å²) in [4.78, 5) is 19.4. The number of urea groups is 1. The van der Waals surface area contributed by atoms with E-state index in [0.717, 1.165) is 18.5 Å². The van der Waals surface area contributed by atoms with E-state index in [1.807, 2.05) is 22.6 Å². The lowest BCUT2D eigenvalue weighted by Crippen LogP contribution is -2.40. The fraction of sp³-hybridized carbons (Fsp3) is 0.385. The summed E-state index contributed by atoms with van der Waals surface area (Å²) in [7, 11) is 1.60. The fourth-order valence-corrected chi connectivity index (χ4v) is 3.73. The molecule has 6 heteroatoms. The number of benzene rings is 1. The molecule has 0 spiro atoms. The van der Waals surface area contributed by atoms with Crippen LogP contribution in [0.4, 0.5) is 4.79 Å². The highest BCUT2D eigenvalue weighted by Gasteiger charge is 2.33. The predicted octanol–water partition coefficient (Wildman–Crippen LogP) is 5.02. The van der Waals surface area contributed by atoms with Crippen molar-refractivity contribution >= 4 is 11.7 Å². The number of nitrogens with one attached hydrogen (secondary N) is 1. The Morgan fingerprint density at radius 1 is 1.31 bits per heavy atom. The van der Waals surface area contributed by atoms with Crippen molar-refractivity contribution < 1.29 is 9.53 Å². The zero-order valence-corrected chi connectivity index (χ0v) is 19.4. The molecule has 1 saturated carbocycles. The van der Waals surface area contributed by atoms with Crippen LogP contribution in [0.25, 0.3) is 5.70 Å². The number of aromatic nitrogens is 2. The molecule has 0 radical (unpaired) electrons. The number of ether oxygens (including phenoxy) is 1. The number of allylic oxidation sites excluding steroid dienone is 2. The van der Waals surface area contributed by atoms with E-state index in [0.29, 0.717) is 29.6 Å². The van der Waals surface area contributed by atoms with Gasteiger partial charge in [-0.15, -0.1) is 0 Å². The van der Waals surface area contributed by atoms with Crippen LogP contribution < -0.4 is 5.32 Å². The molecule has 1 fully saturated rings. The fourth-order valence-electron chi connectivity index (χ4n) is 3.73. The summed E-state index contributed by atoms with van der Waals surface area (Å²) in [5.41, 5.74) is 12.0. The van der Waals surface area contributed by atoms with Crippen LogP contribution in [0, 0.1) is 13.8 Å². The van der Waals surface area contributed by atoms with E-state index in [-0.39, 0.29) is 12.1 Å². The Balaban J connectivity index is 1.57. The van der Waals surface area contributed by atoms with Crippen molar-refractivity contribution in [2.24, 2.45) is 0 Å². The van der Waals surface area contributed by atoms with Crippen LogP contribution in [0.3, 0.4) is 0 Å². The second-order valence-corrected chi connectivity index (χ2v) is 8.78. The molecule has 0 atom stereocenters. The van der Waals surface area contributed by atoms with E-state index in [1.54, 1.807) is 19.5 Å². The Labute approximate surface area is 189 Å². The first-order valence-electron chi connectivity index (χ1n) is 11.1. The Hall–Kier alpha value is -3.46. The zero-order valence-electron chi connectivity index (χ0n) is 19.4. The third-order valence-electron chi connectivity index (χ3n) is 5.88. The van der Waals surface area contributed by atoms with Crippen molar-refractivity contribution in [3.05, 3.63) is 82.1 Å². The largest absolute Gasteiger partial charge is 0.494 e. The van der Waals surface area contributed by atoms with Crippen LogP contribution in [-0.2, 0) is 11.3 Å². The average Bonchev–Trinajstić information content (AvgIpc) is 3.52. The van der Waals surface area contributed by atoms with E-state index in [2.05, 4.69) is 60.7 Å². The van der Waals surface area contributed by atoms with Crippen molar-refractivity contribution in [2.45, 2.75) is 59.0 Å². The quantitative estimate of drug-likeness (QED) is 0.628. The summed E-state index contributed by atoms with van der Waals surface area (Å²) in [6.45, 7) is 9.00. The van der Waals surface area contributed by atoms with E-state index >= 15 is 0 Å². The van der Waals surface area contributed by atoms with Gasteiger partial charge in [-0.1, -0.05) is 32.0 Å². The van der Waals surface area contributed by atoms with Gasteiger partial charge in [-0.25, -0.2) is 9.78 Å². The Kier molecular flexibility index (Phi) is 6.09. The number of rotatable bonds is 7. The number of amides is 2. The number of aryl methyl sites for hydroxylation is 2. The molecular weight excluding hydrogens is 400 g/mol. The number of hydrogen-bond donors (Lipinski definition) is 1. The molecule has 2 aliphatic carbocycles. The number of carbonyl (C=O) groups is 1. The molecule has 1 aromatic carbocycles. The second-order valence-electron chi connectivity index (χ2n) is 8.78. The predicted molar refractivity (Wildman–Crippen MR) is 125 cm³/mol. The number of nitrogens with zero attached hydrogens (tertiary/aromatic N) is 3. The Morgan fingerprint density at radius 2 is 2.09 bits per heavy atom. The van der Waals surface area contributed by atoms with Gasteiger partial charge in [0, 0.05) is 24.9 Å². The standard InChI is InChI=1S/C26H30N4O2/c1-17(2)20-7-6-18(3)21(12-20)15-30(23-9-10-23)26(31)28-22-8-11-24(25(13-22)32-5)29-14-19(4)27-16-29/h6-7,12-14,16-17,23H,9-10,15H2,1-5H3,(H,28,31). The van der Waals surface area contributed by atoms with Gasteiger partial charge in [-0.05, 0) is 60.8 Å². The van der Waals surface area contributed by atoms with E-state index < -0.39 is 0 Å². The highest BCUT2D eigenvalue weighted by Crippen LogP contribution is 2.30. The average molecular weight is 431 g/mol. The van der Waals surface area contributed by atoms with E-state index in [4.69, 9.17) is 4.74 Å². The molecule has 2 aromatic rings. The van der Waals surface area contributed by atoms with Crippen molar-refractivity contribution in [1.82, 2.24) is 19.8 Å². The summed E-state index contributed by atoms with van der Waals surface area (Å²) in [6, 6.07) is 6.70. The number of imidazole rings is 1. The van der Waals surface area contributed by atoms with Gasteiger partial charge >= 0.3 is 6.03 Å². The molecule has 1 N–H and O–H groups in total. The maximum Gasteiger partial charge on any atom is 0.322 e. The van der Waals surface area contributed by atoms with E-state index in [9.17, 15) is 4.79 Å². The lowest BCUT2D eigenvalue weighted by atomic mass is 9.97. The van der Waals surface area contributed by atoms with Crippen molar-refractivity contribution in [2.75, 3.05) is 7.11 Å². The summed E-state index contributed by atoms with van der Waals surface area (Å²) in [6.07, 6.45) is 7.44. The van der Waals surface area contributed by atoms with Gasteiger partial charge in [-0.3, -0.25) is 4.57 Å². The molecule has 6 nitrogen and oxygen atoms in total. The van der Waals surface area contributed by atoms with Crippen LogP contribution in [0.15, 0.2) is 59.7 Å². The van der Waals surface area contributed by atoms with Gasteiger partial charge in [0.25, 0.3) is 0 Å². The van der Waals surface area contributed by atoms with Gasteiger partial charge in [0.2, 0.25) is 0 Å². The van der Waals surface area contributed by atoms with Crippen LogP contribution in [0.2, 0.25) is 0 Å². The summed E-state index contributed by atoms with van der Waals surface area (Å²) in [5.74, 6) is 1.04. The van der Waals surface area contributed by atoms with Crippen LogP contribution in [0.1, 0.15) is 55.0 Å². The molecule has 2 amide bonds. The van der Waals surface area contributed by atoms with Gasteiger partial charge in [0.05, 0.1) is 18.5 Å². The molecule has 0 unspecified atom stereocenters. The smallest absolute Gasteiger partial charge is 0.322 e. The van der Waals surface area contributed by atoms with Crippen molar-refractivity contribution in [3.8, 4) is 0 Å². The van der Waals surface area contributed by atoms with Gasteiger partial charge in [0.1, 0.15) is 12.0 Å². The maximum absolute atomic E-state index is 13.2. The number of hydrogen-bond acceptors (Lipinski definition) is 3. The Bertz CT molecular complexity index is 1170. The SMILES string of the molecule is COC1=CC(NC(=O)N(Cc2cc(C(C)C)ccc2C)C2CC2)=C=C=C1n1cnc(C)c1. The molecule has 0 bridgehead atoms. The normalized spacial score (nSPS) is 15.2. The highest BCUT2D eigenvalue weighted by molar-refractivity contribution is 5.78. The number of methoxy groups -OCH3 is 1. The lowest BCUT2D eigenvalue weighted by Gasteiger charge is -2.25. The van der Waals surface area contributed by atoms with Gasteiger partial charge in [-0.2, -0.15) is 0 Å². The van der Waals surface area contributed by atoms with Crippen LogP contribution >= 0.6 is 0 Å². The summed E-state index contributed by atoms with van der Waals surface area (Å²) >= 11 is 0. The summed E-state index contributed by atoms with van der Waals surface area (Å²) in [5, 5.41) is 2.99. The minimum absolute atomic E-state index is 0.125. The van der Waals surface area contributed by atoms with Crippen molar-refractivity contribution in [1.29, 1.82) is 0 Å². The molecule has 4 rings (SSSR count). The first-order chi connectivity index (χ1) is 15.4. The van der Waals surface area contributed by atoms with Gasteiger partial charge in [0.15, 0.2) is 5.76 Å². The molecule has 1 heterocycles. The number of carbonyl (C=O) groups excluding carboxylic acids is 1. The molecule has 0 saturated heterocycles. The first-order valence-corrected chi connectivity index (χ1v) is 11.1. The topological polar surface area (TPSA) is 59.4 Å². The van der Waals surface area contributed by atoms with Crippen LogP contribution in [0.5, 0.6) is 0 Å². The molecular formula is C26H30N4O2. The zero-order chi connectivity index (χ0) is 22.8. The summed E-state index contributed by atoms with van der Waals surface area (Å²) < 4.78 is 7.36. The molecule has 1 aromatic heterocycles.